The fourth-order valence-electron chi connectivity index (χ4n) is 2.96. The number of para-hydroxylation sites is 1. The van der Waals surface area contributed by atoms with Crippen LogP contribution in [0.3, 0.4) is 0 Å². The first-order chi connectivity index (χ1) is 15.5. The summed E-state index contributed by atoms with van der Waals surface area (Å²) in [6.45, 7) is 2.71. The van der Waals surface area contributed by atoms with Gasteiger partial charge >= 0.3 is 0 Å². The zero-order valence-corrected chi connectivity index (χ0v) is 18.1. The van der Waals surface area contributed by atoms with E-state index in [0.717, 1.165) is 5.75 Å². The molecule has 3 aromatic rings. The van der Waals surface area contributed by atoms with Gasteiger partial charge in [0.25, 0.3) is 0 Å². The average molecular weight is 431 g/mol. The number of carbonyl (C=O) groups excluding carboxylic acids is 1. The Hall–Kier alpha value is -4.20. The molecule has 0 bridgehead atoms. The number of amides is 1. The van der Waals surface area contributed by atoms with E-state index < -0.39 is 0 Å². The molecule has 0 spiro atoms. The van der Waals surface area contributed by atoms with Crippen molar-refractivity contribution in [3.05, 3.63) is 84.2 Å². The molecule has 1 amide bonds. The lowest BCUT2D eigenvalue weighted by molar-refractivity contribution is -0.124. The van der Waals surface area contributed by atoms with Gasteiger partial charge in [-0.15, -0.1) is 0 Å². The standard InChI is InChI=1S/C24H26N6O2/c1-3-7-20(31)30(2)15-14-27-24-21(23(26)28-16-29-24)22(25)17-10-12-19(13-11-17)32-18-8-5-4-6-9-18/h3-13,16,25H,14-15H2,1-2H3,(H3,26,27,28,29)/b7-3+,25-22?. The van der Waals surface area contributed by atoms with Crippen LogP contribution in [-0.4, -0.2) is 46.6 Å². The lowest BCUT2D eigenvalue weighted by Crippen LogP contribution is -2.30. The predicted octanol–water partition coefficient (Wildman–Crippen LogP) is 3.71. The first kappa shape index (κ1) is 22.5. The normalized spacial score (nSPS) is 10.7. The van der Waals surface area contributed by atoms with Crippen molar-refractivity contribution >= 4 is 23.3 Å². The van der Waals surface area contributed by atoms with Crippen LogP contribution in [0.1, 0.15) is 18.1 Å². The number of aromatic nitrogens is 2. The van der Waals surface area contributed by atoms with Crippen molar-refractivity contribution in [2.45, 2.75) is 6.92 Å². The number of hydrogen-bond acceptors (Lipinski definition) is 7. The van der Waals surface area contributed by atoms with Crippen molar-refractivity contribution in [2.24, 2.45) is 0 Å². The second-order valence-electron chi connectivity index (χ2n) is 6.98. The quantitative estimate of drug-likeness (QED) is 0.352. The summed E-state index contributed by atoms with van der Waals surface area (Å²) in [5.74, 6) is 1.97. The summed E-state index contributed by atoms with van der Waals surface area (Å²) in [6.07, 6.45) is 4.56. The Bertz CT molecular complexity index is 1100. The van der Waals surface area contributed by atoms with Crippen molar-refractivity contribution in [2.75, 3.05) is 31.2 Å². The number of carbonyl (C=O) groups is 1. The number of nitrogen functional groups attached to an aromatic ring is 1. The number of likely N-dealkylation sites (N-methyl/N-ethyl adjacent to an activating group) is 1. The summed E-state index contributed by atoms with van der Waals surface area (Å²) in [6, 6.07) is 16.7. The second kappa shape index (κ2) is 10.7. The molecule has 0 fully saturated rings. The highest BCUT2D eigenvalue weighted by Gasteiger charge is 2.16. The highest BCUT2D eigenvalue weighted by molar-refractivity contribution is 6.16. The second-order valence-corrected chi connectivity index (χ2v) is 6.98. The summed E-state index contributed by atoms with van der Waals surface area (Å²) in [5.41, 5.74) is 7.33. The fourth-order valence-corrected chi connectivity index (χ4v) is 2.96. The van der Waals surface area contributed by atoms with Gasteiger partial charge in [-0.3, -0.25) is 10.2 Å². The van der Waals surface area contributed by atoms with E-state index in [4.69, 9.17) is 15.9 Å². The molecule has 0 aliphatic carbocycles. The molecule has 0 saturated heterocycles. The molecule has 0 unspecified atom stereocenters. The minimum atomic E-state index is -0.0812. The molecule has 32 heavy (non-hydrogen) atoms. The Balaban J connectivity index is 1.71. The molecule has 3 rings (SSSR count). The molecule has 1 heterocycles. The summed E-state index contributed by atoms with van der Waals surface area (Å²) < 4.78 is 5.81. The smallest absolute Gasteiger partial charge is 0.246 e. The number of hydrogen-bond donors (Lipinski definition) is 3. The fraction of sp³-hybridized carbons (Fsp3) is 0.167. The first-order valence-electron chi connectivity index (χ1n) is 10.1. The molecule has 0 atom stereocenters. The Labute approximate surface area is 187 Å². The Morgan fingerprint density at radius 3 is 2.50 bits per heavy atom. The number of anilines is 2. The van der Waals surface area contributed by atoms with E-state index in [1.165, 1.54) is 12.4 Å². The third-order valence-corrected chi connectivity index (χ3v) is 4.67. The van der Waals surface area contributed by atoms with E-state index in [0.29, 0.717) is 35.8 Å². The third-order valence-electron chi connectivity index (χ3n) is 4.67. The van der Waals surface area contributed by atoms with Gasteiger partial charge in [-0.05, 0) is 49.4 Å². The lowest BCUT2D eigenvalue weighted by Gasteiger charge is -2.17. The van der Waals surface area contributed by atoms with Crippen molar-refractivity contribution in [3.8, 4) is 11.5 Å². The van der Waals surface area contributed by atoms with Gasteiger partial charge in [-0.2, -0.15) is 0 Å². The van der Waals surface area contributed by atoms with Gasteiger partial charge in [0.2, 0.25) is 5.91 Å². The number of allylic oxidation sites excluding steroid dienone is 1. The Morgan fingerprint density at radius 2 is 1.81 bits per heavy atom. The highest BCUT2D eigenvalue weighted by atomic mass is 16.5. The van der Waals surface area contributed by atoms with Crippen LogP contribution in [0.15, 0.2) is 73.1 Å². The van der Waals surface area contributed by atoms with Gasteiger partial charge < -0.3 is 20.7 Å². The van der Waals surface area contributed by atoms with E-state index in [1.54, 1.807) is 49.2 Å². The van der Waals surface area contributed by atoms with Crippen LogP contribution in [0.2, 0.25) is 0 Å². The van der Waals surface area contributed by atoms with Gasteiger partial charge in [0, 0.05) is 25.7 Å². The first-order valence-corrected chi connectivity index (χ1v) is 10.1. The number of ether oxygens (including phenoxy) is 1. The van der Waals surface area contributed by atoms with Gasteiger partial charge in [0.1, 0.15) is 29.5 Å². The maximum absolute atomic E-state index is 11.9. The topological polar surface area (TPSA) is 117 Å². The van der Waals surface area contributed by atoms with Crippen molar-refractivity contribution in [1.29, 1.82) is 5.41 Å². The molecule has 0 radical (unpaired) electrons. The van der Waals surface area contributed by atoms with Crippen LogP contribution in [0.5, 0.6) is 11.5 Å². The molecule has 8 heteroatoms. The van der Waals surface area contributed by atoms with Gasteiger partial charge in [-0.25, -0.2) is 9.97 Å². The number of nitrogens with zero attached hydrogens (tertiary/aromatic N) is 3. The number of nitrogens with two attached hydrogens (primary N) is 1. The van der Waals surface area contributed by atoms with E-state index in [2.05, 4.69) is 15.3 Å². The van der Waals surface area contributed by atoms with Crippen LogP contribution < -0.4 is 15.8 Å². The third kappa shape index (κ3) is 5.69. The van der Waals surface area contributed by atoms with Crippen molar-refractivity contribution in [1.82, 2.24) is 14.9 Å². The summed E-state index contributed by atoms with van der Waals surface area (Å²) in [7, 11) is 1.72. The monoisotopic (exact) mass is 430 g/mol. The van der Waals surface area contributed by atoms with E-state index in [9.17, 15) is 4.79 Å². The van der Waals surface area contributed by atoms with Gasteiger partial charge in [-0.1, -0.05) is 24.3 Å². The summed E-state index contributed by atoms with van der Waals surface area (Å²) >= 11 is 0. The molecular formula is C24H26N6O2. The maximum Gasteiger partial charge on any atom is 0.246 e. The Morgan fingerprint density at radius 1 is 1.12 bits per heavy atom. The van der Waals surface area contributed by atoms with Crippen LogP contribution >= 0.6 is 0 Å². The molecule has 0 aliphatic heterocycles. The predicted molar refractivity (Wildman–Crippen MR) is 126 cm³/mol. The SMILES string of the molecule is C/C=C/C(=O)N(C)CCNc1ncnc(N)c1C(=N)c1ccc(Oc2ccccc2)cc1. The minimum Gasteiger partial charge on any atom is -0.457 e. The maximum atomic E-state index is 11.9. The molecular weight excluding hydrogens is 404 g/mol. The highest BCUT2D eigenvalue weighted by Crippen LogP contribution is 2.25. The van der Waals surface area contributed by atoms with Crippen LogP contribution in [-0.2, 0) is 4.79 Å². The van der Waals surface area contributed by atoms with Crippen LogP contribution in [0.25, 0.3) is 0 Å². The molecule has 1 aromatic heterocycles. The Kier molecular flexibility index (Phi) is 7.53. The minimum absolute atomic E-state index is 0.0812. The summed E-state index contributed by atoms with van der Waals surface area (Å²) in [4.78, 5) is 21.8. The van der Waals surface area contributed by atoms with Crippen molar-refractivity contribution < 1.29 is 9.53 Å². The molecule has 8 nitrogen and oxygen atoms in total. The number of benzene rings is 2. The van der Waals surface area contributed by atoms with E-state index >= 15 is 0 Å². The summed E-state index contributed by atoms with van der Waals surface area (Å²) in [5, 5.41) is 11.8. The largest absolute Gasteiger partial charge is 0.457 e. The van der Waals surface area contributed by atoms with Crippen molar-refractivity contribution in [3.63, 3.8) is 0 Å². The average Bonchev–Trinajstić information content (AvgIpc) is 2.80. The molecule has 0 saturated carbocycles. The van der Waals surface area contributed by atoms with Gasteiger partial charge in [0.05, 0.1) is 11.3 Å². The van der Waals surface area contributed by atoms with Crippen LogP contribution in [0, 0.1) is 5.41 Å². The molecule has 0 aliphatic rings. The lowest BCUT2D eigenvalue weighted by atomic mass is 10.0. The zero-order valence-electron chi connectivity index (χ0n) is 18.1. The number of nitrogens with one attached hydrogen (secondary N) is 2. The van der Waals surface area contributed by atoms with E-state index in [-0.39, 0.29) is 17.4 Å². The zero-order chi connectivity index (χ0) is 22.9. The van der Waals surface area contributed by atoms with Gasteiger partial charge in [0.15, 0.2) is 0 Å². The van der Waals surface area contributed by atoms with E-state index in [1.807, 2.05) is 30.3 Å². The molecule has 2 aromatic carbocycles. The van der Waals surface area contributed by atoms with Crippen LogP contribution in [0.4, 0.5) is 11.6 Å². The molecule has 164 valence electrons. The molecule has 4 N–H and O–H groups in total. The number of rotatable bonds is 9.